The van der Waals surface area contributed by atoms with Crippen LogP contribution >= 0.6 is 0 Å². The molecule has 0 aliphatic carbocycles. The van der Waals surface area contributed by atoms with Crippen LogP contribution in [0.2, 0.25) is 0 Å². The van der Waals surface area contributed by atoms with Gasteiger partial charge in [0, 0.05) is 12.1 Å². The van der Waals surface area contributed by atoms with Crippen molar-refractivity contribution in [3.63, 3.8) is 0 Å². The van der Waals surface area contributed by atoms with Crippen LogP contribution in [0.25, 0.3) is 0 Å². The molecule has 0 aliphatic rings. The van der Waals surface area contributed by atoms with E-state index in [0.29, 0.717) is 12.0 Å². The average molecular weight is 346 g/mol. The number of aliphatic carboxylic acids is 1. The molecule has 132 valence electrons. The van der Waals surface area contributed by atoms with Gasteiger partial charge in [0.2, 0.25) is 0 Å². The summed E-state index contributed by atoms with van der Waals surface area (Å²) in [5.74, 6) is -3.79. The van der Waals surface area contributed by atoms with Gasteiger partial charge in [-0.05, 0) is 24.1 Å². The smallest absolute Gasteiger partial charge is 0.471 e. The minimum atomic E-state index is -4.95. The molecule has 0 aliphatic heterocycles. The van der Waals surface area contributed by atoms with Gasteiger partial charge in [-0.2, -0.15) is 13.2 Å². The van der Waals surface area contributed by atoms with Gasteiger partial charge in [0.05, 0.1) is 0 Å². The van der Waals surface area contributed by atoms with E-state index < -0.39 is 30.0 Å². The number of hydrogen-bond donors (Lipinski definition) is 3. The Bertz CT molecular complexity index is 600. The van der Waals surface area contributed by atoms with E-state index in [2.05, 4.69) is 5.32 Å². The third kappa shape index (κ3) is 5.90. The van der Waals surface area contributed by atoms with Crippen LogP contribution in [0.3, 0.4) is 0 Å². The normalized spacial score (nSPS) is 12.3. The van der Waals surface area contributed by atoms with Crippen LogP contribution in [-0.2, 0) is 16.1 Å². The number of carbonyl (C=O) groups is 3. The van der Waals surface area contributed by atoms with Gasteiger partial charge in [0.1, 0.15) is 6.04 Å². The van der Waals surface area contributed by atoms with E-state index in [0.717, 1.165) is 0 Å². The highest BCUT2D eigenvalue weighted by atomic mass is 19.4. The number of carbonyl (C=O) groups excluding carboxylic acids is 2. The zero-order valence-electron chi connectivity index (χ0n) is 12.8. The Morgan fingerprint density at radius 3 is 2.21 bits per heavy atom. The molecule has 1 rings (SSSR count). The number of halogens is 3. The first-order valence-corrected chi connectivity index (χ1v) is 7.12. The standard InChI is InChI=1S/C15H17F3N2O4/c1-2-3-11(13(22)23)20-12(21)10-6-4-9(5-7-10)8-19-14(24)15(16,17)18/h4-7,11H,2-3,8H2,1H3,(H,19,24)(H,20,21)(H,22,23). The highest BCUT2D eigenvalue weighted by Crippen LogP contribution is 2.14. The van der Waals surface area contributed by atoms with Crippen LogP contribution in [0, 0.1) is 0 Å². The van der Waals surface area contributed by atoms with Gasteiger partial charge < -0.3 is 15.7 Å². The summed E-state index contributed by atoms with van der Waals surface area (Å²) in [5.41, 5.74) is 0.538. The fraction of sp³-hybridized carbons (Fsp3) is 0.400. The molecule has 0 heterocycles. The second-order valence-electron chi connectivity index (χ2n) is 5.03. The molecule has 6 nitrogen and oxygen atoms in total. The minimum Gasteiger partial charge on any atom is -0.480 e. The molecule has 0 spiro atoms. The molecule has 0 aromatic heterocycles. The van der Waals surface area contributed by atoms with Crippen molar-refractivity contribution >= 4 is 17.8 Å². The Hall–Kier alpha value is -2.58. The Balaban J connectivity index is 2.65. The van der Waals surface area contributed by atoms with Gasteiger partial charge in [0.25, 0.3) is 5.91 Å². The van der Waals surface area contributed by atoms with Gasteiger partial charge in [-0.15, -0.1) is 0 Å². The lowest BCUT2D eigenvalue weighted by Gasteiger charge is -2.13. The van der Waals surface area contributed by atoms with Crippen LogP contribution in [0.4, 0.5) is 13.2 Å². The van der Waals surface area contributed by atoms with Crippen molar-refractivity contribution in [3.8, 4) is 0 Å². The largest absolute Gasteiger partial charge is 0.480 e. The fourth-order valence-corrected chi connectivity index (χ4v) is 1.84. The first-order valence-electron chi connectivity index (χ1n) is 7.12. The van der Waals surface area contributed by atoms with E-state index in [1.807, 2.05) is 0 Å². The van der Waals surface area contributed by atoms with E-state index in [1.54, 1.807) is 12.2 Å². The number of amides is 2. The summed E-state index contributed by atoms with van der Waals surface area (Å²) in [6.07, 6.45) is -4.09. The van der Waals surface area contributed by atoms with Gasteiger partial charge in [-0.3, -0.25) is 9.59 Å². The van der Waals surface area contributed by atoms with E-state index >= 15 is 0 Å². The number of rotatable bonds is 7. The molecular formula is C15H17F3N2O4. The van der Waals surface area contributed by atoms with Gasteiger partial charge in [-0.25, -0.2) is 4.79 Å². The van der Waals surface area contributed by atoms with Crippen LogP contribution < -0.4 is 10.6 Å². The second-order valence-corrected chi connectivity index (χ2v) is 5.03. The highest BCUT2D eigenvalue weighted by molar-refractivity contribution is 5.96. The molecule has 9 heteroatoms. The Morgan fingerprint density at radius 1 is 1.17 bits per heavy atom. The van der Waals surface area contributed by atoms with Crippen LogP contribution in [0.1, 0.15) is 35.7 Å². The van der Waals surface area contributed by atoms with Crippen molar-refractivity contribution in [2.24, 2.45) is 0 Å². The SMILES string of the molecule is CCCC(NC(=O)c1ccc(CNC(=O)C(F)(F)F)cc1)C(=O)O. The maximum absolute atomic E-state index is 12.1. The summed E-state index contributed by atoms with van der Waals surface area (Å²) in [4.78, 5) is 33.6. The molecule has 1 aromatic carbocycles. The molecular weight excluding hydrogens is 329 g/mol. The fourth-order valence-electron chi connectivity index (χ4n) is 1.84. The van der Waals surface area contributed by atoms with E-state index in [-0.39, 0.29) is 18.5 Å². The molecule has 3 N–H and O–H groups in total. The third-order valence-corrected chi connectivity index (χ3v) is 3.11. The summed E-state index contributed by atoms with van der Waals surface area (Å²) in [5, 5.41) is 13.1. The van der Waals surface area contributed by atoms with E-state index in [1.165, 1.54) is 24.3 Å². The number of benzene rings is 1. The molecule has 2 amide bonds. The summed E-state index contributed by atoms with van der Waals surface area (Å²) in [6.45, 7) is 1.44. The number of nitrogens with one attached hydrogen (secondary N) is 2. The van der Waals surface area contributed by atoms with Gasteiger partial charge >= 0.3 is 18.1 Å². The van der Waals surface area contributed by atoms with Crippen LogP contribution in [0.5, 0.6) is 0 Å². The maximum Gasteiger partial charge on any atom is 0.471 e. The average Bonchev–Trinajstić information content (AvgIpc) is 2.51. The lowest BCUT2D eigenvalue weighted by Crippen LogP contribution is -2.40. The van der Waals surface area contributed by atoms with Crippen molar-refractivity contribution in [2.45, 2.75) is 38.5 Å². The van der Waals surface area contributed by atoms with Crippen molar-refractivity contribution in [1.82, 2.24) is 10.6 Å². The quantitative estimate of drug-likeness (QED) is 0.702. The Kier molecular flexibility index (Phi) is 6.75. The number of carboxylic acids is 1. The second kappa shape index (κ2) is 8.32. The molecule has 1 atom stereocenters. The molecule has 0 saturated heterocycles. The summed E-state index contributed by atoms with van der Waals surface area (Å²) in [7, 11) is 0. The Morgan fingerprint density at radius 2 is 1.75 bits per heavy atom. The summed E-state index contributed by atoms with van der Waals surface area (Å²) in [6, 6.07) is 4.43. The predicted molar refractivity (Wildman–Crippen MR) is 78.1 cm³/mol. The number of carboxylic acid groups (broad SMARTS) is 1. The number of alkyl halides is 3. The third-order valence-electron chi connectivity index (χ3n) is 3.11. The van der Waals surface area contributed by atoms with Crippen molar-refractivity contribution in [1.29, 1.82) is 0 Å². The van der Waals surface area contributed by atoms with Crippen molar-refractivity contribution in [2.75, 3.05) is 0 Å². The molecule has 1 unspecified atom stereocenters. The molecule has 0 saturated carbocycles. The predicted octanol–water partition coefficient (Wildman–Crippen LogP) is 1.85. The van der Waals surface area contributed by atoms with E-state index in [9.17, 15) is 27.6 Å². The van der Waals surface area contributed by atoms with Crippen molar-refractivity contribution < 1.29 is 32.7 Å². The molecule has 1 aromatic rings. The number of hydrogen-bond acceptors (Lipinski definition) is 3. The molecule has 0 bridgehead atoms. The maximum atomic E-state index is 12.1. The lowest BCUT2D eigenvalue weighted by molar-refractivity contribution is -0.173. The summed E-state index contributed by atoms with van der Waals surface area (Å²) < 4.78 is 36.2. The van der Waals surface area contributed by atoms with Gasteiger partial charge in [0.15, 0.2) is 0 Å². The van der Waals surface area contributed by atoms with E-state index in [4.69, 9.17) is 5.11 Å². The van der Waals surface area contributed by atoms with Crippen LogP contribution in [-0.4, -0.2) is 35.1 Å². The Labute approximate surface area is 136 Å². The first kappa shape index (κ1) is 19.5. The molecule has 0 radical (unpaired) electrons. The highest BCUT2D eigenvalue weighted by Gasteiger charge is 2.38. The topological polar surface area (TPSA) is 95.5 Å². The zero-order chi connectivity index (χ0) is 18.3. The first-order chi connectivity index (χ1) is 11.1. The van der Waals surface area contributed by atoms with Crippen molar-refractivity contribution in [3.05, 3.63) is 35.4 Å². The molecule has 0 fully saturated rings. The zero-order valence-corrected chi connectivity index (χ0v) is 12.8. The summed E-state index contributed by atoms with van der Waals surface area (Å²) >= 11 is 0. The lowest BCUT2D eigenvalue weighted by atomic mass is 10.1. The monoisotopic (exact) mass is 346 g/mol. The van der Waals surface area contributed by atoms with Crippen LogP contribution in [0.15, 0.2) is 24.3 Å². The van der Waals surface area contributed by atoms with Gasteiger partial charge in [-0.1, -0.05) is 25.5 Å². The minimum absolute atomic E-state index is 0.170. The molecule has 24 heavy (non-hydrogen) atoms.